The Hall–Kier alpha value is -4.05. The molecule has 1 aliphatic heterocycles. The predicted molar refractivity (Wildman–Crippen MR) is 131 cm³/mol. The highest BCUT2D eigenvalue weighted by Crippen LogP contribution is 2.40. The van der Waals surface area contributed by atoms with Crippen LogP contribution in [0.1, 0.15) is 10.5 Å². The van der Waals surface area contributed by atoms with E-state index in [1.165, 1.54) is 27.5 Å². The zero-order chi connectivity index (χ0) is 24.1. The average Bonchev–Trinajstić information content (AvgIpc) is 2.88. The van der Waals surface area contributed by atoms with Gasteiger partial charge in [-0.25, -0.2) is 9.97 Å². The molecule has 1 amide bonds. The fourth-order valence-electron chi connectivity index (χ4n) is 3.88. The van der Waals surface area contributed by atoms with E-state index in [0.717, 1.165) is 31.9 Å². The van der Waals surface area contributed by atoms with Crippen LogP contribution in [-0.4, -0.2) is 63.4 Å². The van der Waals surface area contributed by atoms with E-state index in [0.29, 0.717) is 34.2 Å². The molecular weight excluding hydrogens is 436 g/mol. The zero-order valence-corrected chi connectivity index (χ0v) is 19.4. The number of para-hydroxylation sites is 2. The smallest absolute Gasteiger partial charge is 0.278 e. The van der Waals surface area contributed by atoms with E-state index < -0.39 is 5.91 Å². The van der Waals surface area contributed by atoms with Crippen LogP contribution in [0.25, 0.3) is 11.3 Å². The molecule has 4 rings (SSSR count). The fraction of sp³-hybridized carbons (Fsp3) is 0.292. The van der Waals surface area contributed by atoms with E-state index >= 15 is 0 Å². The Morgan fingerprint density at radius 2 is 1.74 bits per heavy atom. The van der Waals surface area contributed by atoms with E-state index in [9.17, 15) is 4.79 Å². The fourth-order valence-corrected chi connectivity index (χ4v) is 3.88. The van der Waals surface area contributed by atoms with Crippen LogP contribution in [0.5, 0.6) is 17.2 Å². The van der Waals surface area contributed by atoms with Gasteiger partial charge in [0, 0.05) is 31.7 Å². The molecule has 1 fully saturated rings. The van der Waals surface area contributed by atoms with Crippen molar-refractivity contribution in [2.24, 2.45) is 0 Å². The summed E-state index contributed by atoms with van der Waals surface area (Å²) in [7, 11) is 4.60. The van der Waals surface area contributed by atoms with E-state index in [4.69, 9.17) is 19.9 Å². The highest BCUT2D eigenvalue weighted by atomic mass is 16.5. The lowest BCUT2D eigenvalue weighted by Gasteiger charge is -2.31. The van der Waals surface area contributed by atoms with Crippen molar-refractivity contribution in [3.63, 3.8) is 0 Å². The van der Waals surface area contributed by atoms with Gasteiger partial charge in [-0.2, -0.15) is 0 Å². The number of benzene rings is 2. The second-order valence-corrected chi connectivity index (χ2v) is 7.61. The highest BCUT2D eigenvalue weighted by molar-refractivity contribution is 6.07. The zero-order valence-electron chi connectivity index (χ0n) is 19.4. The molecule has 0 bridgehead atoms. The number of rotatable bonds is 7. The van der Waals surface area contributed by atoms with E-state index in [1.54, 1.807) is 12.1 Å². The summed E-state index contributed by atoms with van der Waals surface area (Å²) in [6.07, 6.45) is 1.50. The summed E-state index contributed by atoms with van der Waals surface area (Å²) in [5.41, 5.74) is 8.78. The van der Waals surface area contributed by atoms with Crippen LogP contribution < -0.4 is 35.5 Å². The van der Waals surface area contributed by atoms with Crippen molar-refractivity contribution in [3.8, 4) is 28.5 Å². The third kappa shape index (κ3) is 4.67. The summed E-state index contributed by atoms with van der Waals surface area (Å²) in [5.74, 6) is 0.979. The maximum Gasteiger partial charge on any atom is 0.278 e. The summed E-state index contributed by atoms with van der Waals surface area (Å²) in [5, 5.41) is 6.29. The third-order valence-electron chi connectivity index (χ3n) is 5.59. The molecule has 178 valence electrons. The Labute approximate surface area is 198 Å². The van der Waals surface area contributed by atoms with E-state index in [2.05, 4.69) is 25.5 Å². The first-order chi connectivity index (χ1) is 16.5. The molecule has 0 atom stereocenters. The number of ether oxygens (including phenoxy) is 3. The molecule has 0 saturated carbocycles. The standard InChI is InChI=1S/C24H28N6O4/c1-32-19-12-15(13-20(33-2)22(19)34-3)17-14-27-23(25)21(28-17)24(31)29-16-6-4-5-7-18(16)30-10-8-26-9-11-30/h4-7,12-14,26H,8-11H2,1-3H3,(H2,25,27)(H,29,31). The minimum absolute atomic E-state index is 0.0290. The number of piperazine rings is 1. The highest BCUT2D eigenvalue weighted by Gasteiger charge is 2.20. The summed E-state index contributed by atoms with van der Waals surface area (Å²) >= 11 is 0. The summed E-state index contributed by atoms with van der Waals surface area (Å²) in [6, 6.07) is 11.2. The van der Waals surface area contributed by atoms with Crippen LogP contribution >= 0.6 is 0 Å². The molecule has 2 aromatic carbocycles. The third-order valence-corrected chi connectivity index (χ3v) is 5.59. The number of aromatic nitrogens is 2. The predicted octanol–water partition coefficient (Wildman–Crippen LogP) is 2.41. The van der Waals surface area contributed by atoms with Crippen LogP contribution in [0.3, 0.4) is 0 Å². The number of anilines is 3. The normalized spacial score (nSPS) is 13.3. The summed E-state index contributed by atoms with van der Waals surface area (Å²) < 4.78 is 16.2. The van der Waals surface area contributed by atoms with Crippen LogP contribution in [0.4, 0.5) is 17.2 Å². The number of nitrogens with zero attached hydrogens (tertiary/aromatic N) is 3. The van der Waals surface area contributed by atoms with Crippen LogP contribution in [0.15, 0.2) is 42.6 Å². The molecule has 0 spiro atoms. The van der Waals surface area contributed by atoms with Crippen molar-refractivity contribution in [1.29, 1.82) is 0 Å². The molecule has 3 aromatic rings. The van der Waals surface area contributed by atoms with Crippen LogP contribution in [-0.2, 0) is 0 Å². The van der Waals surface area contributed by atoms with Gasteiger partial charge in [-0.05, 0) is 24.3 Å². The number of hydrogen-bond acceptors (Lipinski definition) is 9. The van der Waals surface area contributed by atoms with Gasteiger partial charge in [-0.3, -0.25) is 4.79 Å². The number of methoxy groups -OCH3 is 3. The second-order valence-electron chi connectivity index (χ2n) is 7.61. The lowest BCUT2D eigenvalue weighted by Crippen LogP contribution is -2.43. The van der Waals surface area contributed by atoms with E-state index in [1.807, 2.05) is 24.3 Å². The van der Waals surface area contributed by atoms with Gasteiger partial charge in [0.1, 0.15) is 0 Å². The van der Waals surface area contributed by atoms with Gasteiger partial charge in [0.25, 0.3) is 5.91 Å². The molecular formula is C24H28N6O4. The topological polar surface area (TPSA) is 124 Å². The molecule has 10 heteroatoms. The largest absolute Gasteiger partial charge is 0.493 e. The average molecular weight is 465 g/mol. The number of nitrogens with one attached hydrogen (secondary N) is 2. The Kier molecular flexibility index (Phi) is 6.98. The molecule has 1 aliphatic rings. The summed E-state index contributed by atoms with van der Waals surface area (Å²) in [4.78, 5) is 24.2. The number of nitrogen functional groups attached to an aromatic ring is 1. The molecule has 1 saturated heterocycles. The molecule has 2 heterocycles. The first-order valence-electron chi connectivity index (χ1n) is 10.8. The van der Waals surface area contributed by atoms with Crippen molar-refractivity contribution in [2.45, 2.75) is 0 Å². The molecule has 0 aliphatic carbocycles. The Morgan fingerprint density at radius 3 is 2.38 bits per heavy atom. The van der Waals surface area contributed by atoms with Gasteiger partial charge in [-0.1, -0.05) is 12.1 Å². The van der Waals surface area contributed by atoms with Gasteiger partial charge in [-0.15, -0.1) is 0 Å². The number of hydrogen-bond donors (Lipinski definition) is 3. The van der Waals surface area contributed by atoms with Crippen LogP contribution in [0.2, 0.25) is 0 Å². The maximum atomic E-state index is 13.2. The molecule has 0 radical (unpaired) electrons. The monoisotopic (exact) mass is 464 g/mol. The SMILES string of the molecule is COc1cc(-c2cnc(N)c(C(=O)Nc3ccccc3N3CCNCC3)n2)cc(OC)c1OC. The Morgan fingerprint density at radius 1 is 1.06 bits per heavy atom. The van der Waals surface area contributed by atoms with Gasteiger partial charge < -0.3 is 35.5 Å². The number of amides is 1. The van der Waals surface area contributed by atoms with E-state index in [-0.39, 0.29) is 11.5 Å². The molecule has 1 aromatic heterocycles. The van der Waals surface area contributed by atoms with Crippen molar-refractivity contribution >= 4 is 23.1 Å². The lowest BCUT2D eigenvalue weighted by molar-refractivity contribution is 0.102. The minimum atomic E-state index is -0.443. The number of carbonyl (C=O) groups is 1. The Bertz CT molecular complexity index is 1150. The van der Waals surface area contributed by atoms with Crippen molar-refractivity contribution < 1.29 is 19.0 Å². The van der Waals surface area contributed by atoms with Gasteiger partial charge in [0.05, 0.1) is 44.6 Å². The van der Waals surface area contributed by atoms with Gasteiger partial charge >= 0.3 is 0 Å². The molecule has 10 nitrogen and oxygen atoms in total. The van der Waals surface area contributed by atoms with Crippen molar-refractivity contribution in [3.05, 3.63) is 48.3 Å². The van der Waals surface area contributed by atoms with Gasteiger partial charge in [0.2, 0.25) is 5.75 Å². The maximum absolute atomic E-state index is 13.2. The first kappa shape index (κ1) is 23.1. The molecule has 34 heavy (non-hydrogen) atoms. The number of carbonyl (C=O) groups excluding carboxylic acids is 1. The summed E-state index contributed by atoms with van der Waals surface area (Å²) in [6.45, 7) is 3.48. The second kappa shape index (κ2) is 10.3. The Balaban J connectivity index is 1.66. The quantitative estimate of drug-likeness (QED) is 0.483. The first-order valence-corrected chi connectivity index (χ1v) is 10.8. The lowest BCUT2D eigenvalue weighted by atomic mass is 10.1. The van der Waals surface area contributed by atoms with Crippen LogP contribution in [0, 0.1) is 0 Å². The molecule has 4 N–H and O–H groups in total. The molecule has 0 unspecified atom stereocenters. The van der Waals surface area contributed by atoms with Crippen molar-refractivity contribution in [2.75, 3.05) is 63.5 Å². The minimum Gasteiger partial charge on any atom is -0.493 e. The number of nitrogens with two attached hydrogens (primary N) is 1. The van der Waals surface area contributed by atoms with Gasteiger partial charge in [0.15, 0.2) is 23.0 Å². The van der Waals surface area contributed by atoms with Crippen molar-refractivity contribution in [1.82, 2.24) is 15.3 Å².